The molecule has 0 fully saturated rings. The zero-order chi connectivity index (χ0) is 17.6. The molecule has 140 valence electrons. The van der Waals surface area contributed by atoms with Crippen molar-refractivity contribution in [2.45, 2.75) is 39.6 Å². The number of rotatable bonds is 16. The van der Waals surface area contributed by atoms with E-state index in [0.717, 1.165) is 19.5 Å². The minimum Gasteiger partial charge on any atom is -0.354 e. The molecule has 0 saturated carbocycles. The van der Waals surface area contributed by atoms with Crippen LogP contribution in [0.4, 0.5) is 0 Å². The van der Waals surface area contributed by atoms with Crippen molar-refractivity contribution in [3.8, 4) is 0 Å². The Balaban J connectivity index is 4.98. The largest absolute Gasteiger partial charge is 0.683 e. The summed E-state index contributed by atoms with van der Waals surface area (Å²) in [6, 6.07) is 0. The monoisotopic (exact) mass is 354 g/mol. The van der Waals surface area contributed by atoms with Crippen molar-refractivity contribution in [3.05, 3.63) is 0 Å². The maximum absolute atomic E-state index is 6.03. The van der Waals surface area contributed by atoms with Crippen molar-refractivity contribution in [1.82, 2.24) is 5.32 Å². The summed E-state index contributed by atoms with van der Waals surface area (Å²) < 4.78 is 34.0. The van der Waals surface area contributed by atoms with E-state index in [0.29, 0.717) is 32.8 Å². The molecular formula is C14H34N2O6Si. The molecule has 0 heterocycles. The second kappa shape index (κ2) is 13.2. The highest BCUT2D eigenvalue weighted by molar-refractivity contribution is 6.53. The fraction of sp³-hybridized carbons (Fsp3) is 1.00. The van der Waals surface area contributed by atoms with Gasteiger partial charge in [0, 0.05) is 53.6 Å². The Morgan fingerprint density at radius 3 is 2.00 bits per heavy atom. The molecule has 0 bridgehead atoms. The van der Waals surface area contributed by atoms with Crippen LogP contribution in [0.15, 0.2) is 0 Å². The van der Waals surface area contributed by atoms with Crippen molar-refractivity contribution in [3.63, 3.8) is 0 Å². The quantitative estimate of drug-likeness (QED) is 0.239. The number of nitrogens with two attached hydrogens (primary N) is 1. The number of hydrogen-bond donors (Lipinski definition) is 2. The Labute approximate surface area is 141 Å². The van der Waals surface area contributed by atoms with E-state index in [9.17, 15) is 0 Å². The molecule has 3 N–H and O–H groups in total. The average Bonchev–Trinajstić information content (AvgIpc) is 2.55. The summed E-state index contributed by atoms with van der Waals surface area (Å²) in [4.78, 5) is 0. The molecule has 0 spiro atoms. The lowest BCUT2D eigenvalue weighted by Gasteiger charge is -2.38. The molecule has 0 rings (SSSR count). The van der Waals surface area contributed by atoms with E-state index in [4.69, 9.17) is 32.9 Å². The third-order valence-electron chi connectivity index (χ3n) is 2.99. The molecule has 0 aliphatic rings. The van der Waals surface area contributed by atoms with Crippen LogP contribution in [0.1, 0.15) is 33.6 Å². The first-order valence-corrected chi connectivity index (χ1v) is 9.83. The van der Waals surface area contributed by atoms with Gasteiger partial charge in [0.1, 0.15) is 0 Å². The third kappa shape index (κ3) is 8.52. The molecule has 0 saturated heterocycles. The maximum atomic E-state index is 6.03. The Morgan fingerprint density at radius 2 is 1.57 bits per heavy atom. The van der Waals surface area contributed by atoms with Gasteiger partial charge in [-0.15, -0.1) is 0 Å². The topological polar surface area (TPSA) is 93.4 Å². The summed E-state index contributed by atoms with van der Waals surface area (Å²) in [5, 5.41) is 3.23. The van der Waals surface area contributed by atoms with Crippen LogP contribution in [0.5, 0.6) is 0 Å². The predicted molar refractivity (Wildman–Crippen MR) is 89.6 cm³/mol. The lowest BCUT2D eigenvalue weighted by molar-refractivity contribution is -0.365. The molecule has 0 radical (unpaired) electrons. The van der Waals surface area contributed by atoms with E-state index in [1.165, 1.54) is 14.2 Å². The minimum absolute atomic E-state index is 0.403. The first kappa shape index (κ1) is 22.9. The molecule has 0 aromatic heterocycles. The highest BCUT2D eigenvalue weighted by Crippen LogP contribution is 2.28. The highest BCUT2D eigenvalue weighted by atomic mass is 28.4. The fourth-order valence-corrected chi connectivity index (χ4v) is 3.66. The normalized spacial score (nSPS) is 12.8. The van der Waals surface area contributed by atoms with E-state index in [-0.39, 0.29) is 0 Å². The van der Waals surface area contributed by atoms with Crippen molar-refractivity contribution in [1.29, 1.82) is 0 Å². The van der Waals surface area contributed by atoms with Gasteiger partial charge in [-0.05, 0) is 33.7 Å². The van der Waals surface area contributed by atoms with Crippen LogP contribution in [0.3, 0.4) is 0 Å². The summed E-state index contributed by atoms with van der Waals surface area (Å²) in [5.41, 5.74) is 5.46. The molecule has 0 amide bonds. The maximum Gasteiger partial charge on any atom is 0.683 e. The van der Waals surface area contributed by atoms with Gasteiger partial charge in [-0.25, -0.2) is 0 Å². The third-order valence-corrected chi connectivity index (χ3v) is 5.19. The van der Waals surface area contributed by atoms with Gasteiger partial charge in [-0.2, -0.15) is 0 Å². The van der Waals surface area contributed by atoms with Crippen LogP contribution in [-0.2, 0) is 27.2 Å². The van der Waals surface area contributed by atoms with Gasteiger partial charge in [0.05, 0.1) is 0 Å². The molecule has 0 aromatic rings. The van der Waals surface area contributed by atoms with Crippen LogP contribution >= 0.6 is 0 Å². The van der Waals surface area contributed by atoms with Crippen LogP contribution in [0.25, 0.3) is 0 Å². The highest BCUT2D eigenvalue weighted by Gasteiger charge is 2.52. The van der Waals surface area contributed by atoms with Crippen LogP contribution in [0.2, 0.25) is 0 Å². The second-order valence-electron chi connectivity index (χ2n) is 4.63. The van der Waals surface area contributed by atoms with E-state index in [1.54, 1.807) is 0 Å². The first-order chi connectivity index (χ1) is 11.1. The van der Waals surface area contributed by atoms with E-state index < -0.39 is 15.0 Å². The van der Waals surface area contributed by atoms with E-state index >= 15 is 0 Å². The van der Waals surface area contributed by atoms with Gasteiger partial charge < -0.3 is 33.8 Å². The minimum atomic E-state index is -3.32. The van der Waals surface area contributed by atoms with Gasteiger partial charge in [0.25, 0.3) is 5.97 Å². The zero-order valence-corrected chi connectivity index (χ0v) is 16.2. The Kier molecular flexibility index (Phi) is 13.2. The molecule has 0 aromatic carbocycles. The molecule has 0 aliphatic carbocycles. The van der Waals surface area contributed by atoms with Gasteiger partial charge in [0.2, 0.25) is 0 Å². The fourth-order valence-electron chi connectivity index (χ4n) is 2.07. The lowest BCUT2D eigenvalue weighted by atomic mass is 10.2. The molecule has 0 atom stereocenters. The Hall–Kier alpha value is -0.103. The molecular weight excluding hydrogens is 320 g/mol. The van der Waals surface area contributed by atoms with E-state index in [1.807, 2.05) is 20.8 Å². The Bertz CT molecular complexity index is 276. The van der Waals surface area contributed by atoms with Crippen molar-refractivity contribution >= 4 is 9.05 Å². The number of hydrogen-bond acceptors (Lipinski definition) is 8. The summed E-state index contributed by atoms with van der Waals surface area (Å²) in [5.74, 6) is -1.25. The number of nitrogens with one attached hydrogen (secondary N) is 1. The molecule has 8 nitrogen and oxygen atoms in total. The van der Waals surface area contributed by atoms with Gasteiger partial charge in [0.15, 0.2) is 0 Å². The molecule has 23 heavy (non-hydrogen) atoms. The second-order valence-corrected chi connectivity index (χ2v) is 6.94. The summed E-state index contributed by atoms with van der Waals surface area (Å²) in [6.45, 7) is 9.03. The summed E-state index contributed by atoms with van der Waals surface area (Å²) >= 11 is 0. The first-order valence-electron chi connectivity index (χ1n) is 8.20. The standard InChI is InChI=1S/C14H34N2O6Si/c1-6-19-14(20-7-2,10-9-12-16-13-11-15)22-23(17-4,18-5)21-8-3/h16H,6-13,15H2,1-5H3. The van der Waals surface area contributed by atoms with Crippen molar-refractivity contribution in [2.75, 3.05) is 53.7 Å². The van der Waals surface area contributed by atoms with E-state index in [2.05, 4.69) is 5.32 Å². The van der Waals surface area contributed by atoms with Crippen molar-refractivity contribution < 1.29 is 27.2 Å². The number of ether oxygens (including phenoxy) is 2. The van der Waals surface area contributed by atoms with Crippen LogP contribution in [0, 0.1) is 0 Å². The lowest BCUT2D eigenvalue weighted by Crippen LogP contribution is -2.56. The molecule has 0 aliphatic heterocycles. The van der Waals surface area contributed by atoms with Gasteiger partial charge in [-0.3, -0.25) is 4.43 Å². The molecule has 9 heteroatoms. The van der Waals surface area contributed by atoms with Crippen LogP contribution < -0.4 is 11.1 Å². The molecule has 0 unspecified atom stereocenters. The average molecular weight is 355 g/mol. The van der Waals surface area contributed by atoms with Gasteiger partial charge in [-0.1, -0.05) is 0 Å². The summed E-state index contributed by atoms with van der Waals surface area (Å²) in [7, 11) is -0.325. The van der Waals surface area contributed by atoms with Gasteiger partial charge >= 0.3 is 9.05 Å². The summed E-state index contributed by atoms with van der Waals surface area (Å²) in [6.07, 6.45) is 1.30. The van der Waals surface area contributed by atoms with Crippen LogP contribution in [-0.4, -0.2) is 68.7 Å². The zero-order valence-electron chi connectivity index (χ0n) is 15.2. The SMILES string of the molecule is CCOC(CCCNCCN)(OCC)O[Si](OC)(OC)OCC. The predicted octanol–water partition coefficient (Wildman–Crippen LogP) is 0.823. The smallest absolute Gasteiger partial charge is 0.354 e. The van der Waals surface area contributed by atoms with Crippen molar-refractivity contribution in [2.24, 2.45) is 5.73 Å². The Morgan fingerprint density at radius 1 is 0.957 bits per heavy atom.